The summed E-state index contributed by atoms with van der Waals surface area (Å²) < 4.78 is 17.0. The van der Waals surface area contributed by atoms with Gasteiger partial charge in [0.1, 0.15) is 0 Å². The molecule has 0 fully saturated rings. The van der Waals surface area contributed by atoms with Gasteiger partial charge in [0.25, 0.3) is 0 Å². The summed E-state index contributed by atoms with van der Waals surface area (Å²) in [6, 6.07) is 2.89. The number of aromatic carboxylic acids is 1. The number of carboxylic acid groups (broad SMARTS) is 1. The van der Waals surface area contributed by atoms with Gasteiger partial charge >= 0.3 is 31.7 Å². The number of carboxylic acids is 1. The summed E-state index contributed by atoms with van der Waals surface area (Å²) in [4.78, 5) is 13.8. The predicted octanol–water partition coefficient (Wildman–Crippen LogP) is 0.540. The molecule has 0 radical (unpaired) electrons. The van der Waals surface area contributed by atoms with Crippen molar-refractivity contribution in [3.8, 4) is 0 Å². The van der Waals surface area contributed by atoms with Crippen LogP contribution in [0.5, 0.6) is 0 Å². The number of carbonyl (C=O) groups is 1. The Kier molecular flexibility index (Phi) is 6.04. The van der Waals surface area contributed by atoms with Crippen molar-refractivity contribution in [3.63, 3.8) is 0 Å². The number of hydrogen-bond acceptors (Lipinski definition) is 4. The van der Waals surface area contributed by atoms with Crippen LogP contribution in [0, 0.1) is 0 Å². The summed E-state index contributed by atoms with van der Waals surface area (Å²) >= 11 is -2.00. The van der Waals surface area contributed by atoms with E-state index >= 15 is 0 Å². The summed E-state index contributed by atoms with van der Waals surface area (Å²) in [7, 11) is 0. The van der Waals surface area contributed by atoms with Crippen LogP contribution in [0.25, 0.3) is 0 Å². The third kappa shape index (κ3) is 4.70. The van der Waals surface area contributed by atoms with Gasteiger partial charge in [-0.3, -0.25) is 4.98 Å². The van der Waals surface area contributed by atoms with E-state index in [2.05, 4.69) is 4.98 Å². The van der Waals surface area contributed by atoms with Gasteiger partial charge in [0.2, 0.25) is 0 Å². The fraction of sp³-hybridized carbons (Fsp3) is 0. The molecule has 0 unspecified atom stereocenters. The number of aromatic nitrogens is 1. The van der Waals surface area contributed by atoms with Gasteiger partial charge in [0.15, 0.2) is 0 Å². The molecule has 5 nitrogen and oxygen atoms in total. The van der Waals surface area contributed by atoms with Crippen LogP contribution in [-0.4, -0.2) is 16.1 Å². The van der Waals surface area contributed by atoms with Gasteiger partial charge in [0, 0.05) is 12.4 Å². The standard InChI is InChI=1S/C6H5NO2.2O.Ti/c8-6(9)5-1-3-7-4-2-5;;;/h1-4H,(H,8,9);;;. The normalized spacial score (nSPS) is 7.33. The molecule has 1 N–H and O–H groups in total. The van der Waals surface area contributed by atoms with Gasteiger partial charge in [-0.1, -0.05) is 0 Å². The van der Waals surface area contributed by atoms with Crippen molar-refractivity contribution < 1.29 is 35.6 Å². The van der Waals surface area contributed by atoms with Crippen LogP contribution in [0.15, 0.2) is 24.5 Å². The first kappa shape index (κ1) is 10.9. The van der Waals surface area contributed by atoms with E-state index in [0.717, 1.165) is 0 Å². The van der Waals surface area contributed by atoms with Crippen molar-refractivity contribution in [1.29, 1.82) is 0 Å². The van der Waals surface area contributed by atoms with E-state index in [9.17, 15) is 4.79 Å². The van der Waals surface area contributed by atoms with E-state index in [4.69, 9.17) is 11.8 Å². The predicted molar refractivity (Wildman–Crippen MR) is 32.6 cm³/mol. The van der Waals surface area contributed by atoms with E-state index in [-0.39, 0.29) is 5.56 Å². The van der Waals surface area contributed by atoms with E-state index in [1.165, 1.54) is 24.5 Å². The second-order valence-corrected chi connectivity index (χ2v) is 1.88. The maximum absolute atomic E-state index is 10.2. The van der Waals surface area contributed by atoms with Crippen LogP contribution in [0.4, 0.5) is 0 Å². The average Bonchev–Trinajstić information content (AvgIpc) is 2.07. The molecule has 0 saturated heterocycles. The molecule has 1 aromatic heterocycles. The van der Waals surface area contributed by atoms with Crippen LogP contribution >= 0.6 is 0 Å². The molecule has 0 aromatic carbocycles. The van der Waals surface area contributed by atoms with Gasteiger partial charge in [-0.25, -0.2) is 4.79 Å². The number of nitrogens with zero attached hydrogens (tertiary/aromatic N) is 1. The fourth-order valence-electron chi connectivity index (χ4n) is 0.494. The van der Waals surface area contributed by atoms with E-state index in [1.54, 1.807) is 0 Å². The monoisotopic (exact) mass is 203 g/mol. The second-order valence-electron chi connectivity index (χ2n) is 1.62. The minimum absolute atomic E-state index is 0.269. The summed E-state index contributed by atoms with van der Waals surface area (Å²) in [5, 5.41) is 8.36. The molecule has 1 heterocycles. The zero-order chi connectivity index (χ0) is 9.40. The summed E-state index contributed by atoms with van der Waals surface area (Å²) in [6.45, 7) is 0. The van der Waals surface area contributed by atoms with Gasteiger partial charge in [0.05, 0.1) is 5.56 Å². The number of hydrogen-bond donors (Lipinski definition) is 1. The van der Waals surface area contributed by atoms with E-state index in [0.29, 0.717) is 0 Å². The van der Waals surface area contributed by atoms with Crippen molar-refractivity contribution in [2.24, 2.45) is 0 Å². The first-order chi connectivity index (χ1) is 5.72. The van der Waals surface area contributed by atoms with Crippen molar-refractivity contribution in [2.75, 3.05) is 0 Å². The quantitative estimate of drug-likeness (QED) is 0.673. The summed E-state index contributed by atoms with van der Waals surface area (Å²) in [6.07, 6.45) is 2.90. The molecule has 1 aromatic rings. The Morgan fingerprint density at radius 2 is 1.75 bits per heavy atom. The zero-order valence-electron chi connectivity index (χ0n) is 5.93. The van der Waals surface area contributed by atoms with Crippen LogP contribution in [0.2, 0.25) is 0 Å². The Morgan fingerprint density at radius 3 is 2.00 bits per heavy atom. The summed E-state index contributed by atoms with van der Waals surface area (Å²) in [5.41, 5.74) is 0.269. The first-order valence-corrected chi connectivity index (χ1v) is 4.12. The molecule has 0 aliphatic rings. The topological polar surface area (TPSA) is 84.3 Å². The number of pyridine rings is 1. The van der Waals surface area contributed by atoms with Crippen LogP contribution in [0.3, 0.4) is 0 Å². The molecular weight excluding hydrogens is 198 g/mol. The molecule has 0 aliphatic heterocycles. The maximum atomic E-state index is 10.2. The number of rotatable bonds is 1. The van der Waals surface area contributed by atoms with Crippen molar-refractivity contribution in [3.05, 3.63) is 30.1 Å². The third-order valence-electron chi connectivity index (χ3n) is 0.927. The van der Waals surface area contributed by atoms with Crippen LogP contribution < -0.4 is 0 Å². The SMILES string of the molecule is O=C(O)c1ccncc1.[O]=[Ti]=[O]. The molecule has 0 aliphatic carbocycles. The van der Waals surface area contributed by atoms with Crippen molar-refractivity contribution in [2.45, 2.75) is 0 Å². The Morgan fingerprint density at radius 1 is 1.33 bits per heavy atom. The minimum atomic E-state index is -2.00. The molecular formula is C6H5NO4Ti. The fourth-order valence-corrected chi connectivity index (χ4v) is 0.494. The van der Waals surface area contributed by atoms with Gasteiger partial charge in [-0.2, -0.15) is 0 Å². The molecule has 0 atom stereocenters. The molecule has 0 saturated carbocycles. The van der Waals surface area contributed by atoms with Crippen molar-refractivity contribution >= 4 is 5.97 Å². The molecule has 1 rings (SSSR count). The Hall–Kier alpha value is -1.07. The van der Waals surface area contributed by atoms with Gasteiger partial charge < -0.3 is 5.11 Å². The van der Waals surface area contributed by atoms with Crippen LogP contribution in [0.1, 0.15) is 10.4 Å². The average molecular weight is 203 g/mol. The molecule has 62 valence electrons. The van der Waals surface area contributed by atoms with Gasteiger partial charge in [-0.15, -0.1) is 0 Å². The van der Waals surface area contributed by atoms with Crippen LogP contribution in [-0.2, 0) is 25.7 Å². The second kappa shape index (κ2) is 6.63. The first-order valence-electron chi connectivity index (χ1n) is 2.85. The molecule has 0 bridgehead atoms. The Balaban J connectivity index is 0.000000354. The van der Waals surface area contributed by atoms with E-state index < -0.39 is 25.1 Å². The molecule has 6 heteroatoms. The Labute approximate surface area is 77.0 Å². The third-order valence-corrected chi connectivity index (χ3v) is 0.927. The van der Waals surface area contributed by atoms with Crippen molar-refractivity contribution in [1.82, 2.24) is 4.98 Å². The zero-order valence-corrected chi connectivity index (χ0v) is 7.49. The molecule has 12 heavy (non-hydrogen) atoms. The van der Waals surface area contributed by atoms with E-state index in [1.807, 2.05) is 0 Å². The molecule has 0 spiro atoms. The Bertz CT molecular complexity index is 281. The summed E-state index contributed by atoms with van der Waals surface area (Å²) in [5.74, 6) is -0.919. The van der Waals surface area contributed by atoms with Gasteiger partial charge in [-0.05, 0) is 12.1 Å². The molecule has 0 amide bonds.